The fourth-order valence-electron chi connectivity index (χ4n) is 3.42. The van der Waals surface area contributed by atoms with Crippen LogP contribution in [0, 0.1) is 0 Å². The molecule has 1 amide bonds. The largest absolute Gasteiger partial charge is 0.433 e. The average Bonchev–Trinajstić information content (AvgIpc) is 2.37. The lowest BCUT2D eigenvalue weighted by Gasteiger charge is -2.63. The van der Waals surface area contributed by atoms with Crippen molar-refractivity contribution in [3.05, 3.63) is 0 Å². The standard InChI is InChI=1S/C12H23B5F6N2O2/c1-7(2,3)25-5-4-24(9(14,15)10(25,16)17)6(26)27-8(13,11(18,19)20)12(21,22)23/h4-5,13-17H2,1-3H3. The Morgan fingerprint density at radius 3 is 1.63 bits per heavy atom. The van der Waals surface area contributed by atoms with Crippen LogP contribution in [-0.2, 0) is 4.74 Å². The second kappa shape index (κ2) is 6.59. The van der Waals surface area contributed by atoms with Crippen LogP contribution in [0.3, 0.4) is 0 Å². The molecule has 15 heteroatoms. The van der Waals surface area contributed by atoms with Crippen molar-refractivity contribution in [1.29, 1.82) is 0 Å². The van der Waals surface area contributed by atoms with Crippen molar-refractivity contribution in [3.63, 3.8) is 0 Å². The first-order chi connectivity index (χ1) is 11.6. The van der Waals surface area contributed by atoms with E-state index in [0.717, 1.165) is 4.90 Å². The van der Waals surface area contributed by atoms with Gasteiger partial charge in [0.25, 0.3) is 5.50 Å². The van der Waals surface area contributed by atoms with Gasteiger partial charge in [0.1, 0.15) is 31.4 Å². The Morgan fingerprint density at radius 1 is 0.889 bits per heavy atom. The number of rotatable bonds is 1. The summed E-state index contributed by atoms with van der Waals surface area (Å²) in [4.78, 5) is 15.5. The molecule has 1 aliphatic rings. The summed E-state index contributed by atoms with van der Waals surface area (Å²) < 4.78 is 82.5. The average molecular weight is 395 g/mol. The predicted octanol–water partition coefficient (Wildman–Crippen LogP) is -2.17. The summed E-state index contributed by atoms with van der Waals surface area (Å²) in [6, 6.07) is 0. The van der Waals surface area contributed by atoms with Crippen molar-refractivity contribution in [3.8, 4) is 0 Å². The van der Waals surface area contributed by atoms with Crippen molar-refractivity contribution in [1.82, 2.24) is 9.80 Å². The number of hydrogen-bond donors (Lipinski definition) is 0. The number of nitrogens with zero attached hydrogens (tertiary/aromatic N) is 2. The predicted molar refractivity (Wildman–Crippen MR) is 103 cm³/mol. The normalized spacial score (nSPS) is 21.7. The fourth-order valence-corrected chi connectivity index (χ4v) is 3.42. The van der Waals surface area contributed by atoms with Crippen LogP contribution in [0.5, 0.6) is 0 Å². The van der Waals surface area contributed by atoms with E-state index >= 15 is 0 Å². The van der Waals surface area contributed by atoms with Crippen molar-refractivity contribution < 1.29 is 35.9 Å². The minimum Gasteiger partial charge on any atom is -0.433 e. The van der Waals surface area contributed by atoms with E-state index in [1.54, 1.807) is 31.4 Å². The van der Waals surface area contributed by atoms with Crippen molar-refractivity contribution in [2.24, 2.45) is 0 Å². The third-order valence-electron chi connectivity index (χ3n) is 5.80. The number of ether oxygens (including phenoxy) is 1. The summed E-state index contributed by atoms with van der Waals surface area (Å²) in [5.74, 6) is 0. The molecule has 0 saturated carbocycles. The lowest BCUT2D eigenvalue weighted by Crippen LogP contribution is -2.81. The molecule has 0 aliphatic carbocycles. The molecule has 1 fully saturated rings. The Hall–Kier alpha value is -0.865. The van der Waals surface area contributed by atoms with Gasteiger partial charge < -0.3 is 14.5 Å². The molecule has 1 heterocycles. The minimum absolute atomic E-state index is 0.0572. The van der Waals surface area contributed by atoms with Gasteiger partial charge in [-0.2, -0.15) is 26.3 Å². The van der Waals surface area contributed by atoms with Gasteiger partial charge in [-0.3, -0.25) is 0 Å². The molecule has 0 radical (unpaired) electrons. The summed E-state index contributed by atoms with van der Waals surface area (Å²) >= 11 is 0. The van der Waals surface area contributed by atoms with Gasteiger partial charge >= 0.3 is 18.4 Å². The highest BCUT2D eigenvalue weighted by atomic mass is 19.4. The first kappa shape index (κ1) is 24.2. The third-order valence-corrected chi connectivity index (χ3v) is 5.80. The molecule has 1 saturated heterocycles. The number of piperazine rings is 1. The van der Waals surface area contributed by atoms with Gasteiger partial charge in [-0.25, -0.2) is 4.79 Å². The van der Waals surface area contributed by atoms with Crippen LogP contribution in [0.15, 0.2) is 0 Å². The van der Waals surface area contributed by atoms with Gasteiger partial charge in [0.15, 0.2) is 7.85 Å². The second-order valence-corrected chi connectivity index (χ2v) is 8.99. The first-order valence-electron chi connectivity index (χ1n) is 8.52. The highest BCUT2D eigenvalue weighted by Crippen LogP contribution is 2.44. The van der Waals surface area contributed by atoms with E-state index in [1.165, 1.54) is 0 Å². The molecule has 0 N–H and O–H groups in total. The van der Waals surface area contributed by atoms with Crippen LogP contribution < -0.4 is 0 Å². The third kappa shape index (κ3) is 3.98. The number of carbonyl (C=O) groups excluding carboxylic acids is 1. The first-order valence-corrected chi connectivity index (χ1v) is 8.52. The SMILES string of the molecule is BC1(B)N(C(=O)OC(B)(C(F)(F)F)C(F)(F)F)CCN(C(C)(C)C)C1(B)B. The van der Waals surface area contributed by atoms with Gasteiger partial charge in [-0.15, -0.1) is 0 Å². The molecule has 0 aromatic carbocycles. The minimum atomic E-state index is -5.80. The lowest BCUT2D eigenvalue weighted by atomic mass is 9.36. The van der Waals surface area contributed by atoms with E-state index in [2.05, 4.69) is 9.64 Å². The molecular formula is C12H23B5F6N2O2. The molecule has 27 heavy (non-hydrogen) atoms. The highest BCUT2D eigenvalue weighted by Gasteiger charge is 2.71. The molecular weight excluding hydrogens is 372 g/mol. The van der Waals surface area contributed by atoms with Gasteiger partial charge in [0.05, 0.1) is 0 Å². The molecule has 0 spiro atoms. The van der Waals surface area contributed by atoms with Crippen LogP contribution in [-0.4, -0.2) is 102 Å². The zero-order chi connectivity index (χ0) is 21.9. The Labute approximate surface area is 159 Å². The summed E-state index contributed by atoms with van der Waals surface area (Å²) in [5.41, 5.74) is -4.90. The van der Waals surface area contributed by atoms with Crippen LogP contribution >= 0.6 is 0 Å². The van der Waals surface area contributed by atoms with E-state index in [0.29, 0.717) is 0 Å². The number of halogens is 6. The number of amides is 1. The zero-order valence-corrected chi connectivity index (χ0v) is 16.9. The number of alkyl halides is 6. The van der Waals surface area contributed by atoms with Crippen LogP contribution in [0.25, 0.3) is 0 Å². The molecule has 0 bridgehead atoms. The van der Waals surface area contributed by atoms with Gasteiger partial charge in [0.2, 0.25) is 0 Å². The molecule has 0 unspecified atom stereocenters. The Kier molecular flexibility index (Phi) is 5.90. The van der Waals surface area contributed by atoms with Crippen LogP contribution in [0.4, 0.5) is 31.1 Å². The second-order valence-electron chi connectivity index (χ2n) is 8.99. The summed E-state index contributed by atoms with van der Waals surface area (Å²) in [5, 5.41) is -1.83. The van der Waals surface area contributed by atoms with Gasteiger partial charge in [-0.05, 0) is 31.4 Å². The molecule has 0 atom stereocenters. The fraction of sp³-hybridized carbons (Fsp3) is 0.917. The van der Waals surface area contributed by atoms with E-state index < -0.39 is 34.6 Å². The molecule has 4 nitrogen and oxygen atoms in total. The summed E-state index contributed by atoms with van der Waals surface area (Å²) in [6.45, 7) is 6.07. The number of carbonyl (C=O) groups is 1. The maximum atomic E-state index is 13.1. The van der Waals surface area contributed by atoms with Crippen LogP contribution in [0.1, 0.15) is 20.8 Å². The summed E-state index contributed by atoms with van der Waals surface area (Å²) in [7, 11) is 6.62. The summed E-state index contributed by atoms with van der Waals surface area (Å²) in [6.07, 6.45) is -13.2. The van der Waals surface area contributed by atoms with E-state index in [4.69, 9.17) is 0 Å². The lowest BCUT2D eigenvalue weighted by molar-refractivity contribution is -0.331. The number of hydrogen-bond acceptors (Lipinski definition) is 3. The topological polar surface area (TPSA) is 32.8 Å². The monoisotopic (exact) mass is 396 g/mol. The maximum Gasteiger partial charge on any atom is 0.428 e. The molecule has 1 rings (SSSR count). The van der Waals surface area contributed by atoms with E-state index in [9.17, 15) is 31.1 Å². The quantitative estimate of drug-likeness (QED) is 0.375. The zero-order valence-electron chi connectivity index (χ0n) is 16.9. The molecule has 150 valence electrons. The molecule has 1 aliphatic heterocycles. The van der Waals surface area contributed by atoms with Crippen LogP contribution in [0.2, 0.25) is 0 Å². The Bertz CT molecular complexity index is 576. The van der Waals surface area contributed by atoms with Gasteiger partial charge in [-0.1, -0.05) is 0 Å². The maximum absolute atomic E-state index is 13.1. The van der Waals surface area contributed by atoms with Crippen molar-refractivity contribution in [2.75, 3.05) is 13.1 Å². The van der Waals surface area contributed by atoms with Crippen molar-refractivity contribution >= 4 is 45.3 Å². The molecule has 0 aromatic heterocycles. The Morgan fingerprint density at radius 2 is 1.30 bits per heavy atom. The smallest absolute Gasteiger partial charge is 0.428 e. The molecule has 0 aromatic rings. The Balaban J connectivity index is 3.26. The van der Waals surface area contributed by atoms with Crippen molar-refractivity contribution in [2.45, 2.75) is 54.8 Å². The van der Waals surface area contributed by atoms with E-state index in [1.807, 2.05) is 20.8 Å². The van der Waals surface area contributed by atoms with Gasteiger partial charge in [0, 0.05) is 18.6 Å². The highest BCUT2D eigenvalue weighted by molar-refractivity contribution is 6.55. The van der Waals surface area contributed by atoms with E-state index in [-0.39, 0.29) is 26.5 Å².